The van der Waals surface area contributed by atoms with Crippen LogP contribution in [-0.2, 0) is 11.2 Å². The Labute approximate surface area is 180 Å². The third-order valence-electron chi connectivity index (χ3n) is 4.69. The number of amides is 1. The molecule has 1 amide bonds. The van der Waals surface area contributed by atoms with Gasteiger partial charge in [-0.2, -0.15) is 4.98 Å². The minimum absolute atomic E-state index is 0.118. The van der Waals surface area contributed by atoms with E-state index in [2.05, 4.69) is 31.1 Å². The van der Waals surface area contributed by atoms with Gasteiger partial charge < -0.3 is 20.5 Å². The smallest absolute Gasteiger partial charge is 0.226 e. The first-order chi connectivity index (χ1) is 15.1. The highest BCUT2D eigenvalue weighted by molar-refractivity contribution is 5.86. The maximum atomic E-state index is 12.2. The molecule has 0 saturated carbocycles. The average Bonchev–Trinajstić information content (AvgIpc) is 3.15. The minimum atomic E-state index is -0.118. The molecule has 0 fully saturated rings. The van der Waals surface area contributed by atoms with E-state index in [0.29, 0.717) is 36.1 Å². The highest BCUT2D eigenvalue weighted by Gasteiger charge is 2.11. The molecule has 0 radical (unpaired) electrons. The van der Waals surface area contributed by atoms with Gasteiger partial charge in [0.25, 0.3) is 0 Å². The Bertz CT molecular complexity index is 1190. The van der Waals surface area contributed by atoms with Crippen LogP contribution in [0.3, 0.4) is 0 Å². The molecule has 0 unspecified atom stereocenters. The summed E-state index contributed by atoms with van der Waals surface area (Å²) in [6.45, 7) is 4.90. The van der Waals surface area contributed by atoms with Crippen molar-refractivity contribution in [1.29, 1.82) is 0 Å². The number of carbonyl (C=O) groups is 1. The third-order valence-corrected chi connectivity index (χ3v) is 4.69. The second kappa shape index (κ2) is 9.25. The van der Waals surface area contributed by atoms with Crippen LogP contribution in [0.25, 0.3) is 11.0 Å². The van der Waals surface area contributed by atoms with Crippen LogP contribution in [0.4, 0.5) is 17.5 Å². The predicted molar refractivity (Wildman–Crippen MR) is 120 cm³/mol. The Hall–Kier alpha value is -3.94. The van der Waals surface area contributed by atoms with Gasteiger partial charge in [0.15, 0.2) is 5.58 Å². The van der Waals surface area contributed by atoms with Gasteiger partial charge in [-0.3, -0.25) is 4.79 Å². The number of fused-ring (bicyclic) bond motifs is 1. The van der Waals surface area contributed by atoms with Gasteiger partial charge in [0.1, 0.15) is 11.5 Å². The van der Waals surface area contributed by atoms with E-state index in [0.717, 1.165) is 16.8 Å². The first-order valence-corrected chi connectivity index (χ1v) is 10.1. The summed E-state index contributed by atoms with van der Waals surface area (Å²) >= 11 is 0. The molecule has 2 heterocycles. The van der Waals surface area contributed by atoms with Crippen molar-refractivity contribution in [2.45, 2.75) is 20.3 Å². The van der Waals surface area contributed by atoms with Crippen LogP contribution in [-0.4, -0.2) is 34.1 Å². The Morgan fingerprint density at radius 2 is 1.81 bits per heavy atom. The van der Waals surface area contributed by atoms with E-state index in [9.17, 15) is 4.79 Å². The summed E-state index contributed by atoms with van der Waals surface area (Å²) in [6, 6.07) is 17.5. The third kappa shape index (κ3) is 5.36. The van der Waals surface area contributed by atoms with Crippen LogP contribution in [0.2, 0.25) is 0 Å². The summed E-state index contributed by atoms with van der Waals surface area (Å²) in [5, 5.41) is 14.2. The standard InChI is InChI=1S/C23H24N6O2/c1-15-7-9-17(10-8-15)27-21-13-16(2)26-23(28-21)25-12-11-24-22(30)14-19-18-5-3-4-6-20(18)31-29-19/h3-10,13H,11-12,14H2,1-2H3,(H,24,30)(H2,25,26,27,28). The van der Waals surface area contributed by atoms with E-state index in [1.54, 1.807) is 0 Å². The number of hydrogen-bond acceptors (Lipinski definition) is 7. The monoisotopic (exact) mass is 416 g/mol. The van der Waals surface area contributed by atoms with Gasteiger partial charge in [-0.1, -0.05) is 35.0 Å². The summed E-state index contributed by atoms with van der Waals surface area (Å²) in [4.78, 5) is 21.1. The highest BCUT2D eigenvalue weighted by atomic mass is 16.5. The summed E-state index contributed by atoms with van der Waals surface area (Å²) in [6.07, 6.45) is 0.169. The summed E-state index contributed by atoms with van der Waals surface area (Å²) in [5.74, 6) is 1.10. The average molecular weight is 416 g/mol. The summed E-state index contributed by atoms with van der Waals surface area (Å²) in [7, 11) is 0. The van der Waals surface area contributed by atoms with Gasteiger partial charge in [-0.05, 0) is 38.1 Å². The zero-order chi connectivity index (χ0) is 21.6. The van der Waals surface area contributed by atoms with Gasteiger partial charge in [0, 0.05) is 35.9 Å². The number of nitrogens with one attached hydrogen (secondary N) is 3. The Morgan fingerprint density at radius 1 is 1.00 bits per heavy atom. The van der Waals surface area contributed by atoms with Crippen molar-refractivity contribution in [2.75, 3.05) is 23.7 Å². The molecule has 3 N–H and O–H groups in total. The quantitative estimate of drug-likeness (QED) is 0.376. The van der Waals surface area contributed by atoms with Crippen molar-refractivity contribution in [1.82, 2.24) is 20.4 Å². The lowest BCUT2D eigenvalue weighted by atomic mass is 10.1. The van der Waals surface area contributed by atoms with Crippen LogP contribution in [0.1, 0.15) is 17.0 Å². The van der Waals surface area contributed by atoms with Crippen molar-refractivity contribution in [2.24, 2.45) is 0 Å². The Balaban J connectivity index is 1.27. The first-order valence-electron chi connectivity index (χ1n) is 10.1. The molecule has 0 aliphatic rings. The number of anilines is 3. The largest absolute Gasteiger partial charge is 0.356 e. The van der Waals surface area contributed by atoms with E-state index in [1.165, 1.54) is 5.56 Å². The molecular weight excluding hydrogens is 392 g/mol. The second-order valence-corrected chi connectivity index (χ2v) is 7.29. The number of aromatic nitrogens is 3. The van der Waals surface area contributed by atoms with Crippen molar-refractivity contribution >= 4 is 34.3 Å². The number of rotatable bonds is 8. The molecule has 4 rings (SSSR count). The summed E-state index contributed by atoms with van der Waals surface area (Å²) < 4.78 is 5.24. The van der Waals surface area contributed by atoms with Crippen molar-refractivity contribution in [3.63, 3.8) is 0 Å². The van der Waals surface area contributed by atoms with Crippen molar-refractivity contribution in [3.05, 3.63) is 71.5 Å². The van der Waals surface area contributed by atoms with Crippen molar-refractivity contribution in [3.8, 4) is 0 Å². The van der Waals surface area contributed by atoms with Crippen LogP contribution in [0, 0.1) is 13.8 Å². The SMILES string of the molecule is Cc1ccc(Nc2cc(C)nc(NCCNC(=O)Cc3noc4ccccc34)n2)cc1. The van der Waals surface area contributed by atoms with Gasteiger partial charge in [0.2, 0.25) is 11.9 Å². The predicted octanol–water partition coefficient (Wildman–Crippen LogP) is 3.75. The normalized spacial score (nSPS) is 10.8. The number of carbonyl (C=O) groups excluding carboxylic acids is 1. The molecule has 0 saturated heterocycles. The van der Waals surface area contributed by atoms with Crippen LogP contribution < -0.4 is 16.0 Å². The zero-order valence-electron chi connectivity index (χ0n) is 17.5. The fourth-order valence-corrected chi connectivity index (χ4v) is 3.15. The molecule has 0 bridgehead atoms. The molecule has 2 aromatic carbocycles. The lowest BCUT2D eigenvalue weighted by Crippen LogP contribution is -2.30. The minimum Gasteiger partial charge on any atom is -0.356 e. The van der Waals surface area contributed by atoms with Gasteiger partial charge in [0.05, 0.1) is 6.42 Å². The zero-order valence-corrected chi connectivity index (χ0v) is 17.5. The van der Waals surface area contributed by atoms with E-state index in [4.69, 9.17) is 4.52 Å². The highest BCUT2D eigenvalue weighted by Crippen LogP contribution is 2.18. The number of para-hydroxylation sites is 1. The fourth-order valence-electron chi connectivity index (χ4n) is 3.15. The van der Waals surface area contributed by atoms with Gasteiger partial charge >= 0.3 is 0 Å². The lowest BCUT2D eigenvalue weighted by Gasteiger charge is -2.10. The Kier molecular flexibility index (Phi) is 6.07. The van der Waals surface area contributed by atoms with Crippen LogP contribution >= 0.6 is 0 Å². The molecule has 2 aromatic heterocycles. The molecular formula is C23H24N6O2. The molecule has 0 spiro atoms. The molecule has 8 heteroatoms. The summed E-state index contributed by atoms with van der Waals surface area (Å²) in [5.41, 5.74) is 4.32. The van der Waals surface area contributed by atoms with E-state index >= 15 is 0 Å². The van der Waals surface area contributed by atoms with Crippen molar-refractivity contribution < 1.29 is 9.32 Å². The molecule has 31 heavy (non-hydrogen) atoms. The lowest BCUT2D eigenvalue weighted by molar-refractivity contribution is -0.120. The van der Waals surface area contributed by atoms with Crippen LogP contribution in [0.15, 0.2) is 59.1 Å². The van der Waals surface area contributed by atoms with E-state index in [1.807, 2.05) is 68.4 Å². The number of benzene rings is 2. The molecule has 0 aliphatic heterocycles. The first kappa shape index (κ1) is 20.3. The number of aryl methyl sites for hydroxylation is 2. The molecule has 8 nitrogen and oxygen atoms in total. The Morgan fingerprint density at radius 3 is 2.65 bits per heavy atom. The molecule has 4 aromatic rings. The van der Waals surface area contributed by atoms with E-state index in [-0.39, 0.29) is 12.3 Å². The second-order valence-electron chi connectivity index (χ2n) is 7.29. The maximum Gasteiger partial charge on any atom is 0.226 e. The van der Waals surface area contributed by atoms with Crippen LogP contribution in [0.5, 0.6) is 0 Å². The molecule has 0 aliphatic carbocycles. The molecule has 158 valence electrons. The van der Waals surface area contributed by atoms with Gasteiger partial charge in [-0.15, -0.1) is 0 Å². The maximum absolute atomic E-state index is 12.2. The topological polar surface area (TPSA) is 105 Å². The van der Waals surface area contributed by atoms with E-state index < -0.39 is 0 Å². The number of hydrogen-bond donors (Lipinski definition) is 3. The molecule has 0 atom stereocenters. The fraction of sp³-hybridized carbons (Fsp3) is 0.217. The van der Waals surface area contributed by atoms with Gasteiger partial charge in [-0.25, -0.2) is 4.98 Å². The number of nitrogens with zero attached hydrogens (tertiary/aromatic N) is 3.